The molecular weight excluding hydrogens is 294 g/mol. The maximum absolute atomic E-state index is 12.2. The summed E-state index contributed by atoms with van der Waals surface area (Å²) in [6.45, 7) is 13.0. The van der Waals surface area contributed by atoms with Gasteiger partial charge in [-0.1, -0.05) is 26.8 Å². The van der Waals surface area contributed by atoms with E-state index in [9.17, 15) is 9.59 Å². The van der Waals surface area contributed by atoms with Crippen LogP contribution in [0.3, 0.4) is 0 Å². The molecule has 0 aromatic heterocycles. The second kappa shape index (κ2) is 7.99. The molecule has 0 radical (unpaired) electrons. The lowest BCUT2D eigenvalue weighted by Crippen LogP contribution is -2.33. The average molecular weight is 321 g/mol. The van der Waals surface area contributed by atoms with Gasteiger partial charge in [0.2, 0.25) is 0 Å². The number of carbonyl (C=O) groups excluding carboxylic acids is 2. The summed E-state index contributed by atoms with van der Waals surface area (Å²) in [5, 5.41) is 0. The topological polar surface area (TPSA) is 55.8 Å². The molecule has 5 nitrogen and oxygen atoms in total. The van der Waals surface area contributed by atoms with Gasteiger partial charge in [0.25, 0.3) is 0 Å². The molecule has 0 atom stereocenters. The largest absolute Gasteiger partial charge is 0.462 e. The molecule has 1 aromatic carbocycles. The number of nitrogens with zero attached hydrogens (tertiary/aromatic N) is 1. The van der Waals surface area contributed by atoms with E-state index in [-0.39, 0.29) is 23.3 Å². The third-order valence-corrected chi connectivity index (χ3v) is 3.56. The van der Waals surface area contributed by atoms with Gasteiger partial charge >= 0.3 is 12.1 Å². The van der Waals surface area contributed by atoms with E-state index in [0.29, 0.717) is 13.1 Å². The summed E-state index contributed by atoms with van der Waals surface area (Å²) < 4.78 is 10.5. The molecule has 0 spiro atoms. The van der Waals surface area contributed by atoms with E-state index >= 15 is 0 Å². The fourth-order valence-electron chi connectivity index (χ4n) is 2.09. The molecular formula is C18H27NO4. The van der Waals surface area contributed by atoms with Crippen LogP contribution in [0, 0.1) is 0 Å². The van der Waals surface area contributed by atoms with E-state index < -0.39 is 12.1 Å². The Morgan fingerprint density at radius 2 is 1.70 bits per heavy atom. The highest BCUT2D eigenvalue weighted by Gasteiger charge is 2.22. The SMILES string of the molecule is CCOC(=O)c1cc(C(C)(C)C)ccc1OC(=O)N(CC)CC. The van der Waals surface area contributed by atoms with Gasteiger partial charge in [0.1, 0.15) is 11.3 Å². The average Bonchev–Trinajstić information content (AvgIpc) is 2.48. The Kier molecular flexibility index (Phi) is 6.61. The molecule has 0 bridgehead atoms. The Morgan fingerprint density at radius 1 is 1.09 bits per heavy atom. The van der Waals surface area contributed by atoms with Gasteiger partial charge < -0.3 is 14.4 Å². The number of hydrogen-bond acceptors (Lipinski definition) is 4. The molecule has 1 rings (SSSR count). The number of carbonyl (C=O) groups is 2. The van der Waals surface area contributed by atoms with Crippen LogP contribution in [0.15, 0.2) is 18.2 Å². The normalized spacial score (nSPS) is 11.0. The summed E-state index contributed by atoms with van der Waals surface area (Å²) in [7, 11) is 0. The zero-order valence-electron chi connectivity index (χ0n) is 14.9. The minimum atomic E-state index is -0.485. The van der Waals surface area contributed by atoms with E-state index in [1.807, 2.05) is 19.9 Å². The maximum Gasteiger partial charge on any atom is 0.415 e. The molecule has 23 heavy (non-hydrogen) atoms. The Bertz CT molecular complexity index is 557. The number of ether oxygens (including phenoxy) is 2. The molecule has 128 valence electrons. The summed E-state index contributed by atoms with van der Waals surface area (Å²) in [5.41, 5.74) is 1.13. The van der Waals surface area contributed by atoms with Crippen molar-refractivity contribution in [2.75, 3.05) is 19.7 Å². The van der Waals surface area contributed by atoms with Gasteiger partial charge in [0.05, 0.1) is 6.61 Å². The highest BCUT2D eigenvalue weighted by molar-refractivity contribution is 5.93. The second-order valence-electron chi connectivity index (χ2n) is 6.22. The first-order valence-corrected chi connectivity index (χ1v) is 8.02. The maximum atomic E-state index is 12.2. The van der Waals surface area contributed by atoms with Crippen molar-refractivity contribution in [2.45, 2.75) is 47.0 Å². The van der Waals surface area contributed by atoms with Crippen LogP contribution in [0.1, 0.15) is 57.5 Å². The zero-order chi connectivity index (χ0) is 17.6. The van der Waals surface area contributed by atoms with Gasteiger partial charge in [-0.15, -0.1) is 0 Å². The van der Waals surface area contributed by atoms with Crippen molar-refractivity contribution in [3.05, 3.63) is 29.3 Å². The van der Waals surface area contributed by atoms with Crippen molar-refractivity contribution in [3.8, 4) is 5.75 Å². The van der Waals surface area contributed by atoms with Crippen LogP contribution in [0.2, 0.25) is 0 Å². The van der Waals surface area contributed by atoms with Crippen LogP contribution in [-0.2, 0) is 10.2 Å². The van der Waals surface area contributed by atoms with Gasteiger partial charge in [-0.25, -0.2) is 9.59 Å². The van der Waals surface area contributed by atoms with Crippen LogP contribution in [0.5, 0.6) is 5.75 Å². The van der Waals surface area contributed by atoms with Crippen molar-refractivity contribution < 1.29 is 19.1 Å². The van der Waals surface area contributed by atoms with Crippen LogP contribution in [-0.4, -0.2) is 36.7 Å². The van der Waals surface area contributed by atoms with Crippen LogP contribution < -0.4 is 4.74 Å². The first-order valence-electron chi connectivity index (χ1n) is 8.02. The van der Waals surface area contributed by atoms with Gasteiger partial charge in [-0.2, -0.15) is 0 Å². The van der Waals surface area contributed by atoms with E-state index in [1.165, 1.54) is 0 Å². The minimum absolute atomic E-state index is 0.122. The van der Waals surface area contributed by atoms with Crippen molar-refractivity contribution in [1.82, 2.24) is 4.90 Å². The first kappa shape index (κ1) is 19.0. The van der Waals surface area contributed by atoms with Crippen LogP contribution >= 0.6 is 0 Å². The summed E-state index contributed by atoms with van der Waals surface area (Å²) in [4.78, 5) is 25.9. The number of hydrogen-bond donors (Lipinski definition) is 0. The fraction of sp³-hybridized carbons (Fsp3) is 0.556. The highest BCUT2D eigenvalue weighted by atomic mass is 16.6. The van der Waals surface area contributed by atoms with Crippen molar-refractivity contribution in [2.24, 2.45) is 0 Å². The third kappa shape index (κ3) is 4.98. The Hall–Kier alpha value is -2.04. The van der Waals surface area contributed by atoms with Gasteiger partial charge in [-0.3, -0.25) is 0 Å². The predicted octanol–water partition coefficient (Wildman–Crippen LogP) is 4.00. The van der Waals surface area contributed by atoms with E-state index in [0.717, 1.165) is 5.56 Å². The van der Waals surface area contributed by atoms with E-state index in [2.05, 4.69) is 20.8 Å². The summed E-state index contributed by atoms with van der Waals surface area (Å²) in [5.74, 6) is -0.255. The van der Waals surface area contributed by atoms with Gasteiger partial charge in [0, 0.05) is 13.1 Å². The molecule has 0 aliphatic heterocycles. The van der Waals surface area contributed by atoms with E-state index in [4.69, 9.17) is 9.47 Å². The van der Waals surface area contributed by atoms with Crippen molar-refractivity contribution in [3.63, 3.8) is 0 Å². The minimum Gasteiger partial charge on any atom is -0.462 e. The second-order valence-corrected chi connectivity index (χ2v) is 6.22. The smallest absolute Gasteiger partial charge is 0.415 e. The lowest BCUT2D eigenvalue weighted by atomic mass is 9.86. The van der Waals surface area contributed by atoms with Crippen LogP contribution in [0.4, 0.5) is 4.79 Å². The molecule has 0 unspecified atom stereocenters. The molecule has 0 heterocycles. The molecule has 0 saturated heterocycles. The molecule has 0 fully saturated rings. The van der Waals surface area contributed by atoms with Crippen molar-refractivity contribution in [1.29, 1.82) is 0 Å². The molecule has 0 saturated carbocycles. The molecule has 1 amide bonds. The third-order valence-electron chi connectivity index (χ3n) is 3.56. The fourth-order valence-corrected chi connectivity index (χ4v) is 2.09. The number of benzene rings is 1. The lowest BCUT2D eigenvalue weighted by molar-refractivity contribution is 0.0522. The molecule has 0 aliphatic rings. The Morgan fingerprint density at radius 3 is 2.17 bits per heavy atom. The molecule has 0 N–H and O–H groups in total. The zero-order valence-corrected chi connectivity index (χ0v) is 14.9. The number of esters is 1. The summed E-state index contributed by atoms with van der Waals surface area (Å²) >= 11 is 0. The van der Waals surface area contributed by atoms with E-state index in [1.54, 1.807) is 24.0 Å². The highest BCUT2D eigenvalue weighted by Crippen LogP contribution is 2.29. The number of amides is 1. The molecule has 0 aliphatic carbocycles. The number of rotatable bonds is 5. The Balaban J connectivity index is 3.20. The summed E-state index contributed by atoms with van der Waals surface area (Å²) in [6, 6.07) is 5.27. The first-order chi connectivity index (χ1) is 10.7. The van der Waals surface area contributed by atoms with Crippen molar-refractivity contribution >= 4 is 12.1 Å². The monoisotopic (exact) mass is 321 g/mol. The Labute approximate surface area is 138 Å². The predicted molar refractivity (Wildman–Crippen MR) is 90.0 cm³/mol. The summed E-state index contributed by atoms with van der Waals surface area (Å²) in [6.07, 6.45) is -0.468. The molecule has 5 heteroatoms. The standard InChI is InChI=1S/C18H27NO4/c1-7-19(8-2)17(21)23-15-11-10-13(18(4,5)6)12-14(15)16(20)22-9-3/h10-12H,7-9H2,1-6H3. The lowest BCUT2D eigenvalue weighted by Gasteiger charge is -2.22. The quantitative estimate of drug-likeness (QED) is 0.769. The molecule has 1 aromatic rings. The van der Waals surface area contributed by atoms with Gasteiger partial charge in [0.15, 0.2) is 0 Å². The van der Waals surface area contributed by atoms with Crippen LogP contribution in [0.25, 0.3) is 0 Å². The van der Waals surface area contributed by atoms with Gasteiger partial charge in [-0.05, 0) is 43.9 Å².